The molecule has 1 aliphatic carbocycles. The molecule has 0 radical (unpaired) electrons. The Kier molecular flexibility index (Phi) is 3.86. The molecule has 1 aliphatic heterocycles. The third-order valence-electron chi connectivity index (χ3n) is 5.50. The zero-order valence-electron chi connectivity index (χ0n) is 14.7. The van der Waals surface area contributed by atoms with E-state index >= 15 is 0 Å². The molecule has 1 aromatic heterocycles. The van der Waals surface area contributed by atoms with Crippen LogP contribution in [0.1, 0.15) is 41.5 Å². The van der Waals surface area contributed by atoms with E-state index in [1.165, 1.54) is 38.2 Å². The smallest absolute Gasteiger partial charge is 0.327 e. The standard InChI is InChI=1S/C22H19NO3S/c24-19-11-17(10-13-5-6-14-3-1-2-4-16(14)9-13)20(15-7-8-15)21-23(19)18(12-27-21)22(25)26/h1-6,9,11,15,18H,7-8,10,12H2,(H,25,26). The number of carbonyl (C=O) groups is 1. The zero-order valence-corrected chi connectivity index (χ0v) is 15.5. The van der Waals surface area contributed by atoms with Crippen LogP contribution in [0, 0.1) is 0 Å². The normalized spacial score (nSPS) is 18.6. The summed E-state index contributed by atoms with van der Waals surface area (Å²) in [7, 11) is 0. The second-order valence-electron chi connectivity index (χ2n) is 7.39. The van der Waals surface area contributed by atoms with Gasteiger partial charge in [-0.1, -0.05) is 42.5 Å². The van der Waals surface area contributed by atoms with Crippen molar-refractivity contribution in [2.45, 2.75) is 36.2 Å². The van der Waals surface area contributed by atoms with Crippen molar-refractivity contribution in [3.63, 3.8) is 0 Å². The molecule has 5 rings (SSSR count). The van der Waals surface area contributed by atoms with E-state index < -0.39 is 12.0 Å². The largest absolute Gasteiger partial charge is 0.480 e. The highest BCUT2D eigenvalue weighted by Crippen LogP contribution is 2.48. The number of nitrogens with zero attached hydrogens (tertiary/aromatic N) is 1. The van der Waals surface area contributed by atoms with Gasteiger partial charge in [-0.05, 0) is 52.6 Å². The monoisotopic (exact) mass is 377 g/mol. The number of carboxylic acid groups (broad SMARTS) is 1. The summed E-state index contributed by atoms with van der Waals surface area (Å²) in [6.45, 7) is 0. The van der Waals surface area contributed by atoms with E-state index in [0.29, 0.717) is 18.1 Å². The third-order valence-corrected chi connectivity index (χ3v) is 6.67. The molecule has 1 atom stereocenters. The first-order chi connectivity index (χ1) is 13.1. The molecule has 2 heterocycles. The summed E-state index contributed by atoms with van der Waals surface area (Å²) in [6.07, 6.45) is 2.94. The lowest BCUT2D eigenvalue weighted by Crippen LogP contribution is -2.29. The number of hydrogen-bond donors (Lipinski definition) is 1. The Morgan fingerprint density at radius 2 is 1.89 bits per heavy atom. The topological polar surface area (TPSA) is 59.3 Å². The lowest BCUT2D eigenvalue weighted by atomic mass is 9.97. The fourth-order valence-electron chi connectivity index (χ4n) is 4.04. The molecule has 1 saturated carbocycles. The highest BCUT2D eigenvalue weighted by Gasteiger charge is 2.37. The molecule has 2 aliphatic rings. The quantitative estimate of drug-likeness (QED) is 0.740. The van der Waals surface area contributed by atoms with E-state index in [-0.39, 0.29) is 5.56 Å². The van der Waals surface area contributed by atoms with Crippen LogP contribution in [0.15, 0.2) is 58.4 Å². The fraction of sp³-hybridized carbons (Fsp3) is 0.273. The SMILES string of the molecule is O=C(O)C1CSc2c(C3CC3)c(Cc3ccc4ccccc4c3)cc(=O)n21. The first kappa shape index (κ1) is 16.6. The molecular weight excluding hydrogens is 358 g/mol. The molecule has 3 aromatic rings. The van der Waals surface area contributed by atoms with Crippen molar-refractivity contribution in [1.82, 2.24) is 4.57 Å². The second kappa shape index (κ2) is 6.27. The van der Waals surface area contributed by atoms with Crippen LogP contribution >= 0.6 is 11.8 Å². The number of aliphatic carboxylic acids is 1. The summed E-state index contributed by atoms with van der Waals surface area (Å²) >= 11 is 1.52. The Hall–Kier alpha value is -2.53. The highest BCUT2D eigenvalue weighted by molar-refractivity contribution is 7.99. The van der Waals surface area contributed by atoms with Gasteiger partial charge in [-0.2, -0.15) is 0 Å². The van der Waals surface area contributed by atoms with E-state index in [1.54, 1.807) is 6.07 Å². The molecule has 1 fully saturated rings. The fourth-order valence-corrected chi connectivity index (χ4v) is 5.46. The minimum absolute atomic E-state index is 0.192. The maximum absolute atomic E-state index is 12.7. The number of rotatable bonds is 4. The van der Waals surface area contributed by atoms with Crippen LogP contribution in [0.4, 0.5) is 0 Å². The van der Waals surface area contributed by atoms with E-state index in [4.69, 9.17) is 0 Å². The Labute approximate surface area is 160 Å². The van der Waals surface area contributed by atoms with Gasteiger partial charge in [0.05, 0.1) is 5.03 Å². The molecule has 0 spiro atoms. The van der Waals surface area contributed by atoms with Crippen molar-refractivity contribution >= 4 is 28.5 Å². The number of aromatic nitrogens is 1. The van der Waals surface area contributed by atoms with E-state index in [9.17, 15) is 14.7 Å². The van der Waals surface area contributed by atoms with Gasteiger partial charge in [0, 0.05) is 11.8 Å². The van der Waals surface area contributed by atoms with Crippen molar-refractivity contribution in [2.24, 2.45) is 0 Å². The second-order valence-corrected chi connectivity index (χ2v) is 8.40. The zero-order chi connectivity index (χ0) is 18.5. The van der Waals surface area contributed by atoms with Gasteiger partial charge in [-0.25, -0.2) is 4.79 Å². The number of hydrogen-bond acceptors (Lipinski definition) is 3. The minimum atomic E-state index is -0.924. The molecule has 0 saturated heterocycles. The first-order valence-electron chi connectivity index (χ1n) is 9.23. The molecule has 136 valence electrons. The summed E-state index contributed by atoms with van der Waals surface area (Å²) < 4.78 is 1.50. The molecule has 1 N–H and O–H groups in total. The van der Waals surface area contributed by atoms with Crippen molar-refractivity contribution in [3.8, 4) is 0 Å². The number of thioether (sulfide) groups is 1. The summed E-state index contributed by atoms with van der Waals surface area (Å²) in [5, 5.41) is 12.7. The van der Waals surface area contributed by atoms with Gasteiger partial charge in [0.25, 0.3) is 5.56 Å². The molecule has 0 bridgehead atoms. The maximum Gasteiger partial charge on any atom is 0.327 e. The van der Waals surface area contributed by atoms with Crippen LogP contribution in [-0.4, -0.2) is 21.4 Å². The van der Waals surface area contributed by atoms with Gasteiger partial charge in [-0.15, -0.1) is 11.8 Å². The lowest BCUT2D eigenvalue weighted by molar-refractivity contribution is -0.140. The summed E-state index contributed by atoms with van der Waals surface area (Å²) in [5.41, 5.74) is 3.25. The predicted molar refractivity (Wildman–Crippen MR) is 107 cm³/mol. The summed E-state index contributed by atoms with van der Waals surface area (Å²) in [4.78, 5) is 24.3. The summed E-state index contributed by atoms with van der Waals surface area (Å²) in [5.74, 6) is -0.0290. The molecule has 4 nitrogen and oxygen atoms in total. The Balaban J connectivity index is 1.61. The van der Waals surface area contributed by atoms with Gasteiger partial charge in [0.15, 0.2) is 0 Å². The molecule has 0 amide bonds. The third kappa shape index (κ3) is 2.86. The van der Waals surface area contributed by atoms with E-state index in [0.717, 1.165) is 23.4 Å². The van der Waals surface area contributed by atoms with Gasteiger partial charge >= 0.3 is 5.97 Å². The Bertz CT molecular complexity index is 1130. The number of benzene rings is 2. The van der Waals surface area contributed by atoms with Crippen molar-refractivity contribution < 1.29 is 9.90 Å². The minimum Gasteiger partial charge on any atom is -0.480 e. The number of carboxylic acids is 1. The van der Waals surface area contributed by atoms with Crippen LogP contribution in [0.2, 0.25) is 0 Å². The molecule has 27 heavy (non-hydrogen) atoms. The van der Waals surface area contributed by atoms with Crippen molar-refractivity contribution in [2.75, 3.05) is 5.75 Å². The molecule has 2 aromatic carbocycles. The molecule has 5 heteroatoms. The van der Waals surface area contributed by atoms with Gasteiger partial charge in [0.1, 0.15) is 6.04 Å². The first-order valence-corrected chi connectivity index (χ1v) is 10.2. The van der Waals surface area contributed by atoms with Crippen LogP contribution < -0.4 is 5.56 Å². The highest BCUT2D eigenvalue weighted by atomic mass is 32.2. The van der Waals surface area contributed by atoms with Gasteiger partial charge < -0.3 is 5.11 Å². The van der Waals surface area contributed by atoms with Crippen LogP contribution in [0.25, 0.3) is 10.8 Å². The lowest BCUT2D eigenvalue weighted by Gasteiger charge is -2.16. The number of pyridine rings is 1. The molecular formula is C22H19NO3S. The van der Waals surface area contributed by atoms with E-state index in [2.05, 4.69) is 30.3 Å². The summed E-state index contributed by atoms with van der Waals surface area (Å²) in [6, 6.07) is 15.6. The average molecular weight is 377 g/mol. The van der Waals surface area contributed by atoms with Gasteiger partial charge in [-0.3, -0.25) is 9.36 Å². The Morgan fingerprint density at radius 1 is 1.11 bits per heavy atom. The maximum atomic E-state index is 12.7. The average Bonchev–Trinajstić information content (AvgIpc) is 3.38. The van der Waals surface area contributed by atoms with Crippen LogP contribution in [0.3, 0.4) is 0 Å². The predicted octanol–water partition coefficient (Wildman–Crippen LogP) is 4.20. The Morgan fingerprint density at radius 3 is 2.63 bits per heavy atom. The number of fused-ring (bicyclic) bond motifs is 2. The van der Waals surface area contributed by atoms with E-state index in [1.807, 2.05) is 12.1 Å². The van der Waals surface area contributed by atoms with Gasteiger partial charge in [0.2, 0.25) is 0 Å². The van der Waals surface area contributed by atoms with Crippen LogP contribution in [0.5, 0.6) is 0 Å². The van der Waals surface area contributed by atoms with Crippen molar-refractivity contribution in [3.05, 3.63) is 75.6 Å². The van der Waals surface area contributed by atoms with Crippen molar-refractivity contribution in [1.29, 1.82) is 0 Å². The van der Waals surface area contributed by atoms with Crippen LogP contribution in [-0.2, 0) is 11.2 Å². The molecule has 1 unspecified atom stereocenters.